The summed E-state index contributed by atoms with van der Waals surface area (Å²) in [5.41, 5.74) is 0.766. The van der Waals surface area contributed by atoms with E-state index in [0.717, 1.165) is 39.0 Å². The van der Waals surface area contributed by atoms with Gasteiger partial charge < -0.3 is 9.80 Å². The molecule has 1 aromatic rings. The highest BCUT2D eigenvalue weighted by Crippen LogP contribution is 2.31. The molecule has 0 bridgehead atoms. The molecule has 0 spiro atoms. The van der Waals surface area contributed by atoms with Crippen LogP contribution in [0.2, 0.25) is 0 Å². The van der Waals surface area contributed by atoms with Gasteiger partial charge in [0.1, 0.15) is 5.69 Å². The van der Waals surface area contributed by atoms with Gasteiger partial charge >= 0.3 is 0 Å². The van der Waals surface area contributed by atoms with E-state index in [1.54, 1.807) is 12.1 Å². The summed E-state index contributed by atoms with van der Waals surface area (Å²) in [6.45, 7) is 5.08. The van der Waals surface area contributed by atoms with Crippen LogP contribution in [-0.2, 0) is 4.79 Å². The van der Waals surface area contributed by atoms with E-state index in [9.17, 15) is 14.9 Å². The van der Waals surface area contributed by atoms with Crippen LogP contribution in [0.3, 0.4) is 0 Å². The number of carbonyl (C=O) groups excluding carboxylic acids is 1. The molecule has 2 heterocycles. The van der Waals surface area contributed by atoms with Crippen LogP contribution in [0.1, 0.15) is 19.3 Å². The molecule has 0 aliphatic carbocycles. The zero-order valence-electron chi connectivity index (χ0n) is 14.2. The van der Waals surface area contributed by atoms with Gasteiger partial charge in [-0.2, -0.15) is 0 Å². The van der Waals surface area contributed by atoms with E-state index in [1.165, 1.54) is 6.42 Å². The number of hydrogen-bond donors (Lipinski definition) is 0. The van der Waals surface area contributed by atoms with Crippen LogP contribution in [0.15, 0.2) is 22.7 Å². The van der Waals surface area contributed by atoms with Crippen LogP contribution in [0.4, 0.5) is 11.4 Å². The molecule has 0 aromatic heterocycles. The van der Waals surface area contributed by atoms with E-state index < -0.39 is 0 Å². The van der Waals surface area contributed by atoms with E-state index in [1.807, 2.05) is 15.9 Å². The van der Waals surface area contributed by atoms with Gasteiger partial charge in [0.25, 0.3) is 5.69 Å². The van der Waals surface area contributed by atoms with Crippen molar-refractivity contribution in [2.75, 3.05) is 50.7 Å². The van der Waals surface area contributed by atoms with Gasteiger partial charge in [0.05, 0.1) is 11.5 Å². The van der Waals surface area contributed by atoms with Gasteiger partial charge in [-0.15, -0.1) is 0 Å². The Morgan fingerprint density at radius 1 is 1.08 bits per heavy atom. The van der Waals surface area contributed by atoms with Crippen LogP contribution < -0.4 is 4.90 Å². The van der Waals surface area contributed by atoms with E-state index in [0.29, 0.717) is 29.8 Å². The summed E-state index contributed by atoms with van der Waals surface area (Å²) in [4.78, 5) is 29.5. The molecule has 1 amide bonds. The molecule has 0 atom stereocenters. The first-order valence-electron chi connectivity index (χ1n) is 8.73. The highest BCUT2D eigenvalue weighted by Gasteiger charge is 2.26. The summed E-state index contributed by atoms with van der Waals surface area (Å²) in [5.74, 6) is 0.211. The molecular formula is C17H23BrN4O3. The van der Waals surface area contributed by atoms with Crippen molar-refractivity contribution in [1.82, 2.24) is 9.80 Å². The number of rotatable bonds is 4. The second-order valence-electron chi connectivity index (χ2n) is 6.59. The molecule has 0 N–H and O–H groups in total. The summed E-state index contributed by atoms with van der Waals surface area (Å²) in [5, 5.41) is 11.3. The maximum absolute atomic E-state index is 12.4. The minimum Gasteiger partial charge on any atom is -0.363 e. The summed E-state index contributed by atoms with van der Waals surface area (Å²) >= 11 is 3.29. The third-order valence-electron chi connectivity index (χ3n) is 4.91. The van der Waals surface area contributed by atoms with Crippen LogP contribution in [0, 0.1) is 10.1 Å². The van der Waals surface area contributed by atoms with Crippen LogP contribution in [0.5, 0.6) is 0 Å². The Hall–Kier alpha value is -1.67. The molecule has 2 aliphatic heterocycles. The van der Waals surface area contributed by atoms with Crippen molar-refractivity contribution in [2.45, 2.75) is 19.3 Å². The molecule has 0 unspecified atom stereocenters. The Morgan fingerprint density at radius 3 is 2.40 bits per heavy atom. The van der Waals surface area contributed by atoms with Crippen molar-refractivity contribution in [2.24, 2.45) is 0 Å². The zero-order chi connectivity index (χ0) is 17.8. The Balaban J connectivity index is 1.57. The average Bonchev–Trinajstić information content (AvgIpc) is 2.63. The van der Waals surface area contributed by atoms with Crippen molar-refractivity contribution < 1.29 is 9.72 Å². The van der Waals surface area contributed by atoms with Gasteiger partial charge in [0.2, 0.25) is 5.91 Å². The van der Waals surface area contributed by atoms with Crippen molar-refractivity contribution in [3.05, 3.63) is 32.8 Å². The lowest BCUT2D eigenvalue weighted by atomic mass is 10.1. The molecular weight excluding hydrogens is 388 g/mol. The number of carbonyl (C=O) groups is 1. The molecule has 7 nitrogen and oxygen atoms in total. The largest absolute Gasteiger partial charge is 0.363 e. The molecule has 2 saturated heterocycles. The number of likely N-dealkylation sites (tertiary alicyclic amines) is 1. The van der Waals surface area contributed by atoms with E-state index >= 15 is 0 Å². The number of benzene rings is 1. The minimum atomic E-state index is -0.341. The zero-order valence-corrected chi connectivity index (χ0v) is 15.8. The Morgan fingerprint density at radius 2 is 1.76 bits per heavy atom. The summed E-state index contributed by atoms with van der Waals surface area (Å²) in [6.07, 6.45) is 3.42. The predicted octanol–water partition coefficient (Wildman–Crippen LogP) is 2.49. The molecule has 136 valence electrons. The molecule has 1 aromatic carbocycles. The number of nitro benzene ring substituents is 1. The van der Waals surface area contributed by atoms with Crippen molar-refractivity contribution in [3.63, 3.8) is 0 Å². The fraction of sp³-hybridized carbons (Fsp3) is 0.588. The third-order valence-corrected chi connectivity index (χ3v) is 5.41. The Labute approximate surface area is 155 Å². The van der Waals surface area contributed by atoms with E-state index in [4.69, 9.17) is 0 Å². The topological polar surface area (TPSA) is 69.9 Å². The normalized spacial score (nSPS) is 19.1. The monoisotopic (exact) mass is 410 g/mol. The molecule has 8 heteroatoms. The van der Waals surface area contributed by atoms with Gasteiger partial charge in [-0.05, 0) is 31.4 Å². The number of amides is 1. The highest BCUT2D eigenvalue weighted by atomic mass is 79.9. The van der Waals surface area contributed by atoms with Crippen molar-refractivity contribution >= 4 is 33.2 Å². The van der Waals surface area contributed by atoms with Gasteiger partial charge in [-0.3, -0.25) is 19.8 Å². The first kappa shape index (κ1) is 18.1. The first-order chi connectivity index (χ1) is 12.0. The maximum atomic E-state index is 12.4. The van der Waals surface area contributed by atoms with Crippen LogP contribution in [0.25, 0.3) is 0 Å². The number of anilines is 1. The fourth-order valence-electron chi connectivity index (χ4n) is 3.49. The summed E-state index contributed by atoms with van der Waals surface area (Å²) in [7, 11) is 0. The van der Waals surface area contributed by atoms with Crippen molar-refractivity contribution in [3.8, 4) is 0 Å². The number of halogens is 1. The van der Waals surface area contributed by atoms with Gasteiger partial charge in [-0.25, -0.2) is 0 Å². The smallest absolute Gasteiger partial charge is 0.293 e. The number of nitro groups is 1. The molecule has 25 heavy (non-hydrogen) atoms. The lowest BCUT2D eigenvalue weighted by Gasteiger charge is -2.36. The molecule has 0 radical (unpaired) electrons. The van der Waals surface area contributed by atoms with Gasteiger partial charge in [-0.1, -0.05) is 15.9 Å². The highest BCUT2D eigenvalue weighted by molar-refractivity contribution is 9.10. The summed E-state index contributed by atoms with van der Waals surface area (Å²) in [6, 6.07) is 5.16. The third kappa shape index (κ3) is 4.49. The first-order valence-corrected chi connectivity index (χ1v) is 9.53. The maximum Gasteiger partial charge on any atom is 0.293 e. The average molecular weight is 411 g/mol. The Kier molecular flexibility index (Phi) is 5.90. The quantitative estimate of drug-likeness (QED) is 0.563. The predicted molar refractivity (Wildman–Crippen MR) is 99.9 cm³/mol. The van der Waals surface area contributed by atoms with Crippen LogP contribution in [-0.4, -0.2) is 66.4 Å². The molecule has 2 aliphatic rings. The van der Waals surface area contributed by atoms with Gasteiger partial charge in [0.15, 0.2) is 0 Å². The van der Waals surface area contributed by atoms with E-state index in [2.05, 4.69) is 20.8 Å². The molecule has 3 rings (SSSR count). The number of nitrogens with zero attached hydrogens (tertiary/aromatic N) is 4. The fourth-order valence-corrected chi connectivity index (χ4v) is 3.84. The minimum absolute atomic E-state index is 0.118. The number of piperidine rings is 1. The van der Waals surface area contributed by atoms with Crippen molar-refractivity contribution in [1.29, 1.82) is 0 Å². The second kappa shape index (κ2) is 8.14. The lowest BCUT2D eigenvalue weighted by Crippen LogP contribution is -2.50. The SMILES string of the molecule is O=C(CN1CCN(c2ccc(Br)cc2[N+](=O)[O-])CC1)N1CCCCC1. The summed E-state index contributed by atoms with van der Waals surface area (Å²) < 4.78 is 0.703. The number of piperazine rings is 1. The lowest BCUT2D eigenvalue weighted by molar-refractivity contribution is -0.384. The van der Waals surface area contributed by atoms with Crippen LogP contribution >= 0.6 is 15.9 Å². The second-order valence-corrected chi connectivity index (χ2v) is 7.51. The Bertz CT molecular complexity index is 641. The van der Waals surface area contributed by atoms with Gasteiger partial charge in [0, 0.05) is 49.8 Å². The molecule has 0 saturated carbocycles. The standard InChI is InChI=1S/C17H23BrN4O3/c18-14-4-5-15(16(12-14)22(24)25)20-10-8-19(9-11-20)13-17(23)21-6-2-1-3-7-21/h4-5,12H,1-3,6-11,13H2. The van der Waals surface area contributed by atoms with E-state index in [-0.39, 0.29) is 16.5 Å². The molecule has 2 fully saturated rings. The number of hydrogen-bond acceptors (Lipinski definition) is 5.